The van der Waals surface area contributed by atoms with Gasteiger partial charge in [-0.3, -0.25) is 19.2 Å². The number of amides is 3. The lowest BCUT2D eigenvalue weighted by Crippen LogP contribution is -2.42. The van der Waals surface area contributed by atoms with E-state index in [0.717, 1.165) is 12.8 Å². The van der Waals surface area contributed by atoms with E-state index >= 15 is 0 Å². The Bertz CT molecular complexity index is 466. The summed E-state index contributed by atoms with van der Waals surface area (Å²) < 4.78 is 0. The maximum Gasteiger partial charge on any atom is 0.234 e. The van der Waals surface area contributed by atoms with Crippen LogP contribution in [0.15, 0.2) is 0 Å². The fraction of sp³-hybridized carbons (Fsp3) is 0.765. The third-order valence-corrected chi connectivity index (χ3v) is 3.88. The summed E-state index contributed by atoms with van der Waals surface area (Å²) in [5.74, 6) is -1.11. The van der Waals surface area contributed by atoms with Crippen LogP contribution in [0.2, 0.25) is 0 Å². The van der Waals surface area contributed by atoms with Crippen molar-refractivity contribution in [1.29, 1.82) is 0 Å². The number of nitrogens with two attached hydrogens (primary N) is 1. The number of hydrogen-bond acceptors (Lipinski definition) is 5. The molecule has 0 heterocycles. The van der Waals surface area contributed by atoms with Gasteiger partial charge in [-0.1, -0.05) is 13.8 Å². The van der Waals surface area contributed by atoms with Crippen molar-refractivity contribution in [2.45, 2.75) is 65.0 Å². The van der Waals surface area contributed by atoms with Gasteiger partial charge in [0.25, 0.3) is 0 Å². The highest BCUT2D eigenvalue weighted by Gasteiger charge is 2.22. The van der Waals surface area contributed by atoms with E-state index in [1.807, 2.05) is 0 Å². The molecule has 5 N–H and O–H groups in total. The van der Waals surface area contributed by atoms with E-state index in [9.17, 15) is 19.2 Å². The highest BCUT2D eigenvalue weighted by Crippen LogP contribution is 2.07. The van der Waals surface area contributed by atoms with Crippen molar-refractivity contribution in [3.8, 4) is 0 Å². The Balaban J connectivity index is 4.09. The maximum absolute atomic E-state index is 12.0. The average Bonchev–Trinajstić information content (AvgIpc) is 2.53. The zero-order chi connectivity index (χ0) is 19.4. The molecule has 3 amide bonds. The Morgan fingerprint density at radius 3 is 2.12 bits per heavy atom. The Hall–Kier alpha value is -1.96. The molecule has 8 heteroatoms. The summed E-state index contributed by atoms with van der Waals surface area (Å²) in [5.41, 5.74) is 5.23. The number of hydrogen-bond donors (Lipinski definition) is 4. The first kappa shape index (κ1) is 23.0. The number of unbranched alkanes of at least 4 members (excludes halogenated alkanes) is 1. The zero-order valence-electron chi connectivity index (χ0n) is 15.7. The molecule has 2 atom stereocenters. The summed E-state index contributed by atoms with van der Waals surface area (Å²) >= 11 is 0. The minimum absolute atomic E-state index is 0.0763. The van der Waals surface area contributed by atoms with Crippen molar-refractivity contribution in [3.05, 3.63) is 0 Å². The van der Waals surface area contributed by atoms with Crippen LogP contribution in [0.25, 0.3) is 0 Å². The standard InChI is InChI=1S/C17H32N4O4/c1-11(2)16(24)13(21-12(3)22)8-9-15(23)20-10-6-5-7-14(19-4)17(18)25/h11,13-14,19H,5-10H2,1-4H3,(H2,18,25)(H,20,23)(H,21,22). The predicted octanol–water partition coefficient (Wildman–Crippen LogP) is -0.144. The lowest BCUT2D eigenvalue weighted by atomic mass is 9.97. The summed E-state index contributed by atoms with van der Waals surface area (Å²) in [7, 11) is 1.68. The molecular formula is C17H32N4O4. The largest absolute Gasteiger partial charge is 0.368 e. The van der Waals surface area contributed by atoms with E-state index < -0.39 is 6.04 Å². The van der Waals surface area contributed by atoms with Crippen LogP contribution in [0, 0.1) is 5.92 Å². The Morgan fingerprint density at radius 1 is 1.00 bits per heavy atom. The van der Waals surface area contributed by atoms with Gasteiger partial charge in [0.15, 0.2) is 5.78 Å². The number of likely N-dealkylation sites (N-methyl/N-ethyl adjacent to an activating group) is 1. The molecule has 0 rings (SSSR count). The normalized spacial score (nSPS) is 13.2. The van der Waals surface area contributed by atoms with Gasteiger partial charge < -0.3 is 21.7 Å². The van der Waals surface area contributed by atoms with E-state index in [0.29, 0.717) is 13.0 Å². The molecular weight excluding hydrogens is 324 g/mol. The second-order valence-corrected chi connectivity index (χ2v) is 6.44. The first-order chi connectivity index (χ1) is 11.7. The average molecular weight is 356 g/mol. The number of carbonyl (C=O) groups is 4. The Labute approximate surface area is 149 Å². The minimum atomic E-state index is -0.629. The van der Waals surface area contributed by atoms with E-state index in [2.05, 4.69) is 16.0 Å². The molecule has 0 radical (unpaired) electrons. The first-order valence-corrected chi connectivity index (χ1v) is 8.73. The quantitative estimate of drug-likeness (QED) is 0.341. The fourth-order valence-electron chi connectivity index (χ4n) is 2.43. The minimum Gasteiger partial charge on any atom is -0.368 e. The number of carbonyl (C=O) groups excluding carboxylic acids is 4. The van der Waals surface area contributed by atoms with Crippen molar-refractivity contribution >= 4 is 23.5 Å². The lowest BCUT2D eigenvalue weighted by molar-refractivity contribution is -0.129. The molecule has 2 unspecified atom stereocenters. The van der Waals surface area contributed by atoms with Crippen LogP contribution < -0.4 is 21.7 Å². The topological polar surface area (TPSA) is 130 Å². The van der Waals surface area contributed by atoms with Crippen LogP contribution in [-0.4, -0.2) is 49.2 Å². The van der Waals surface area contributed by atoms with Gasteiger partial charge in [0.1, 0.15) is 0 Å². The molecule has 0 aliphatic heterocycles. The van der Waals surface area contributed by atoms with Gasteiger partial charge in [0.2, 0.25) is 17.7 Å². The second-order valence-electron chi connectivity index (χ2n) is 6.44. The van der Waals surface area contributed by atoms with E-state index in [-0.39, 0.29) is 48.3 Å². The van der Waals surface area contributed by atoms with Crippen LogP contribution >= 0.6 is 0 Å². The third-order valence-electron chi connectivity index (χ3n) is 3.88. The Morgan fingerprint density at radius 2 is 1.64 bits per heavy atom. The molecule has 8 nitrogen and oxygen atoms in total. The molecule has 0 spiro atoms. The first-order valence-electron chi connectivity index (χ1n) is 8.73. The molecule has 0 fully saturated rings. The smallest absolute Gasteiger partial charge is 0.234 e. The predicted molar refractivity (Wildman–Crippen MR) is 95.6 cm³/mol. The zero-order valence-corrected chi connectivity index (χ0v) is 15.7. The SMILES string of the molecule is CNC(CCCCNC(=O)CCC(NC(C)=O)C(=O)C(C)C)C(N)=O. The number of Topliss-reactive ketones (excluding diaryl/α,β-unsaturated/α-hetero) is 1. The van der Waals surface area contributed by atoms with Crippen molar-refractivity contribution in [2.75, 3.05) is 13.6 Å². The van der Waals surface area contributed by atoms with Gasteiger partial charge in [0.05, 0.1) is 12.1 Å². The number of nitrogens with one attached hydrogen (secondary N) is 3. The van der Waals surface area contributed by atoms with Crippen LogP contribution in [-0.2, 0) is 19.2 Å². The molecule has 0 aromatic heterocycles. The number of rotatable bonds is 13. The molecule has 0 saturated carbocycles. The lowest BCUT2D eigenvalue weighted by Gasteiger charge is -2.18. The van der Waals surface area contributed by atoms with Crippen LogP contribution in [0.1, 0.15) is 52.9 Å². The summed E-state index contributed by atoms with van der Waals surface area (Å²) in [4.78, 5) is 46.2. The second kappa shape index (κ2) is 12.4. The molecule has 0 bridgehead atoms. The van der Waals surface area contributed by atoms with Crippen molar-refractivity contribution in [2.24, 2.45) is 11.7 Å². The fourth-order valence-corrected chi connectivity index (χ4v) is 2.43. The summed E-state index contributed by atoms with van der Waals surface area (Å²) in [6.45, 7) is 5.38. The number of primary amides is 1. The van der Waals surface area contributed by atoms with Crippen molar-refractivity contribution < 1.29 is 19.2 Å². The van der Waals surface area contributed by atoms with E-state index in [1.54, 1.807) is 20.9 Å². The molecule has 0 aromatic rings. The van der Waals surface area contributed by atoms with E-state index in [4.69, 9.17) is 5.73 Å². The van der Waals surface area contributed by atoms with Gasteiger partial charge in [-0.25, -0.2) is 0 Å². The third kappa shape index (κ3) is 10.5. The highest BCUT2D eigenvalue weighted by atomic mass is 16.2. The number of ketones is 1. The van der Waals surface area contributed by atoms with Gasteiger partial charge in [-0.05, 0) is 32.7 Å². The van der Waals surface area contributed by atoms with Crippen LogP contribution in [0.4, 0.5) is 0 Å². The van der Waals surface area contributed by atoms with Gasteiger partial charge in [-0.2, -0.15) is 0 Å². The Kier molecular flexibility index (Phi) is 11.4. The summed E-state index contributed by atoms with van der Waals surface area (Å²) in [6, 6.07) is -0.980. The highest BCUT2D eigenvalue weighted by molar-refractivity contribution is 5.90. The van der Waals surface area contributed by atoms with Gasteiger partial charge in [0, 0.05) is 25.8 Å². The van der Waals surface area contributed by atoms with E-state index in [1.165, 1.54) is 6.92 Å². The van der Waals surface area contributed by atoms with Crippen molar-refractivity contribution in [1.82, 2.24) is 16.0 Å². The molecule has 25 heavy (non-hydrogen) atoms. The van der Waals surface area contributed by atoms with Gasteiger partial charge in [-0.15, -0.1) is 0 Å². The monoisotopic (exact) mass is 356 g/mol. The summed E-state index contributed by atoms with van der Waals surface area (Å²) in [6.07, 6.45) is 2.57. The van der Waals surface area contributed by atoms with Crippen LogP contribution in [0.5, 0.6) is 0 Å². The molecule has 0 aliphatic carbocycles. The molecule has 0 saturated heterocycles. The maximum atomic E-state index is 12.0. The summed E-state index contributed by atoms with van der Waals surface area (Å²) in [5, 5.41) is 8.22. The molecule has 144 valence electrons. The van der Waals surface area contributed by atoms with Gasteiger partial charge >= 0.3 is 0 Å². The van der Waals surface area contributed by atoms with Crippen molar-refractivity contribution in [3.63, 3.8) is 0 Å². The molecule has 0 aliphatic rings. The molecule has 0 aromatic carbocycles. The van der Waals surface area contributed by atoms with Crippen LogP contribution in [0.3, 0.4) is 0 Å².